The number of fused-ring (bicyclic) bond motifs is 1. The molecule has 1 aliphatic heterocycles. The summed E-state index contributed by atoms with van der Waals surface area (Å²) < 4.78 is 23.2. The molecule has 0 unspecified atom stereocenters. The van der Waals surface area contributed by atoms with Gasteiger partial charge in [-0.2, -0.15) is 0 Å². The average Bonchev–Trinajstić information content (AvgIpc) is 3.53. The predicted molar refractivity (Wildman–Crippen MR) is 155 cm³/mol. The Labute approximate surface area is 239 Å². The number of amides is 1. The standard InChI is InChI=1S/C31H34ClN3O5/c1-31(2,3)40-30(36)33-23-15-17-35(20-23)16-4-18-37-24-9-5-21(6-10-24)29-34-27-19-26(13-14-28(27)39-29)38-25-11-7-22(32)8-12-25/h5-14,19,23H,4,15-18,20H2,1-3H3,(H,33,36)/t23-/m0/s1. The van der Waals surface area contributed by atoms with Crippen LogP contribution in [0.4, 0.5) is 4.79 Å². The number of alkyl carbamates (subject to hydrolysis) is 1. The maximum atomic E-state index is 12.0. The third-order valence-corrected chi connectivity index (χ3v) is 6.64. The van der Waals surface area contributed by atoms with Gasteiger partial charge in [-0.3, -0.25) is 0 Å². The zero-order valence-corrected chi connectivity index (χ0v) is 23.7. The number of hydrogen-bond acceptors (Lipinski definition) is 7. The second-order valence-electron chi connectivity index (χ2n) is 10.9. The Morgan fingerprint density at radius 2 is 1.77 bits per heavy atom. The monoisotopic (exact) mass is 563 g/mol. The number of ether oxygens (including phenoxy) is 3. The van der Waals surface area contributed by atoms with Gasteiger partial charge < -0.3 is 28.8 Å². The van der Waals surface area contributed by atoms with Gasteiger partial charge in [0.2, 0.25) is 5.89 Å². The van der Waals surface area contributed by atoms with Crippen molar-refractivity contribution in [2.45, 2.75) is 45.3 Å². The van der Waals surface area contributed by atoms with E-state index in [2.05, 4.69) is 15.2 Å². The molecule has 210 valence electrons. The van der Waals surface area contributed by atoms with Gasteiger partial charge in [0.25, 0.3) is 0 Å². The van der Waals surface area contributed by atoms with Crippen molar-refractivity contribution in [3.05, 3.63) is 71.8 Å². The molecular formula is C31H34ClN3O5. The van der Waals surface area contributed by atoms with Gasteiger partial charge in [0.15, 0.2) is 5.58 Å². The highest BCUT2D eigenvalue weighted by Gasteiger charge is 2.25. The second kappa shape index (κ2) is 12.2. The summed E-state index contributed by atoms with van der Waals surface area (Å²) in [6.07, 6.45) is 1.47. The van der Waals surface area contributed by atoms with E-state index in [9.17, 15) is 4.79 Å². The molecule has 1 N–H and O–H groups in total. The van der Waals surface area contributed by atoms with E-state index in [1.807, 2.05) is 75.4 Å². The normalized spacial score (nSPS) is 15.8. The van der Waals surface area contributed by atoms with Crippen LogP contribution in [0.15, 0.2) is 71.1 Å². The highest BCUT2D eigenvalue weighted by molar-refractivity contribution is 6.30. The van der Waals surface area contributed by atoms with Crippen LogP contribution in [0.25, 0.3) is 22.6 Å². The van der Waals surface area contributed by atoms with Gasteiger partial charge in [-0.05, 0) is 94.3 Å². The highest BCUT2D eigenvalue weighted by Crippen LogP contribution is 2.30. The van der Waals surface area contributed by atoms with E-state index in [4.69, 9.17) is 30.2 Å². The van der Waals surface area contributed by atoms with Crippen LogP contribution in [0.2, 0.25) is 5.02 Å². The lowest BCUT2D eigenvalue weighted by Gasteiger charge is -2.22. The minimum absolute atomic E-state index is 0.123. The summed E-state index contributed by atoms with van der Waals surface area (Å²) >= 11 is 5.95. The van der Waals surface area contributed by atoms with Gasteiger partial charge in [-0.1, -0.05) is 11.6 Å². The largest absolute Gasteiger partial charge is 0.494 e. The molecule has 40 heavy (non-hydrogen) atoms. The molecule has 4 aromatic rings. The Hall–Kier alpha value is -3.75. The summed E-state index contributed by atoms with van der Waals surface area (Å²) in [4.78, 5) is 19.0. The lowest BCUT2D eigenvalue weighted by atomic mass is 10.2. The number of hydrogen-bond donors (Lipinski definition) is 1. The Morgan fingerprint density at radius 3 is 2.52 bits per heavy atom. The van der Waals surface area contributed by atoms with E-state index >= 15 is 0 Å². The van der Waals surface area contributed by atoms with E-state index in [0.717, 1.165) is 43.8 Å². The summed E-state index contributed by atoms with van der Waals surface area (Å²) in [5, 5.41) is 3.62. The molecule has 0 spiro atoms. The number of rotatable bonds is 9. The summed E-state index contributed by atoms with van der Waals surface area (Å²) in [7, 11) is 0. The van der Waals surface area contributed by atoms with Crippen molar-refractivity contribution >= 4 is 28.8 Å². The van der Waals surface area contributed by atoms with Crippen LogP contribution >= 0.6 is 11.6 Å². The van der Waals surface area contributed by atoms with Crippen LogP contribution < -0.4 is 14.8 Å². The molecule has 8 nitrogen and oxygen atoms in total. The summed E-state index contributed by atoms with van der Waals surface area (Å²) in [6.45, 7) is 8.91. The Kier molecular flexibility index (Phi) is 8.47. The fraction of sp³-hybridized carbons (Fsp3) is 0.355. The fourth-order valence-electron chi connectivity index (χ4n) is 4.53. The molecular weight excluding hydrogens is 530 g/mol. The van der Waals surface area contributed by atoms with Crippen LogP contribution in [0.5, 0.6) is 17.2 Å². The van der Waals surface area contributed by atoms with Crippen LogP contribution in [0, 0.1) is 0 Å². The molecule has 9 heteroatoms. The van der Waals surface area contributed by atoms with Gasteiger partial charge in [0.1, 0.15) is 28.4 Å². The maximum Gasteiger partial charge on any atom is 0.407 e. The lowest BCUT2D eigenvalue weighted by molar-refractivity contribution is 0.0505. The molecule has 5 rings (SSSR count). The molecule has 1 fully saturated rings. The van der Waals surface area contributed by atoms with Crippen molar-refractivity contribution < 1.29 is 23.4 Å². The topological polar surface area (TPSA) is 86.1 Å². The number of benzene rings is 3. The predicted octanol–water partition coefficient (Wildman–Crippen LogP) is 7.31. The van der Waals surface area contributed by atoms with Crippen molar-refractivity contribution in [3.8, 4) is 28.7 Å². The third kappa shape index (κ3) is 7.67. The molecule has 1 saturated heterocycles. The first-order valence-electron chi connectivity index (χ1n) is 13.5. The van der Waals surface area contributed by atoms with Crippen LogP contribution in [-0.2, 0) is 4.74 Å². The van der Waals surface area contributed by atoms with Crippen LogP contribution in [0.3, 0.4) is 0 Å². The number of halogens is 1. The number of nitrogens with zero attached hydrogens (tertiary/aromatic N) is 2. The van der Waals surface area contributed by atoms with Gasteiger partial charge in [-0.25, -0.2) is 9.78 Å². The molecule has 1 aliphatic rings. The van der Waals surface area contributed by atoms with Crippen molar-refractivity contribution in [2.75, 3.05) is 26.2 Å². The van der Waals surface area contributed by atoms with Crippen molar-refractivity contribution in [1.82, 2.24) is 15.2 Å². The van der Waals surface area contributed by atoms with Crippen molar-refractivity contribution in [3.63, 3.8) is 0 Å². The van der Waals surface area contributed by atoms with Gasteiger partial charge in [0.05, 0.1) is 6.61 Å². The Bertz CT molecular complexity index is 1430. The number of aromatic nitrogens is 1. The molecule has 3 aromatic carbocycles. The van der Waals surface area contributed by atoms with E-state index in [-0.39, 0.29) is 12.1 Å². The number of nitrogens with one attached hydrogen (secondary N) is 1. The van der Waals surface area contributed by atoms with Crippen LogP contribution in [0.1, 0.15) is 33.6 Å². The summed E-state index contributed by atoms with van der Waals surface area (Å²) in [5.74, 6) is 2.70. The van der Waals surface area contributed by atoms with Gasteiger partial charge in [0, 0.05) is 42.3 Å². The first-order valence-corrected chi connectivity index (χ1v) is 13.9. The first kappa shape index (κ1) is 27.8. The molecule has 1 atom stereocenters. The fourth-order valence-corrected chi connectivity index (χ4v) is 4.66. The molecule has 0 saturated carbocycles. The Balaban J connectivity index is 1.07. The third-order valence-electron chi connectivity index (χ3n) is 6.39. The molecule has 0 bridgehead atoms. The first-order chi connectivity index (χ1) is 19.2. The zero-order valence-electron chi connectivity index (χ0n) is 23.0. The Morgan fingerprint density at radius 1 is 1.05 bits per heavy atom. The molecule has 2 heterocycles. The molecule has 0 radical (unpaired) electrons. The maximum absolute atomic E-state index is 12.0. The SMILES string of the molecule is CC(C)(C)OC(=O)N[C@H]1CCN(CCCOc2ccc(-c3nc4cc(Oc5ccc(Cl)cc5)ccc4o3)cc2)C1. The summed E-state index contributed by atoms with van der Waals surface area (Å²) in [5.41, 5.74) is 1.78. The molecule has 0 aliphatic carbocycles. The minimum Gasteiger partial charge on any atom is -0.494 e. The highest BCUT2D eigenvalue weighted by atomic mass is 35.5. The molecule has 1 aromatic heterocycles. The molecule has 1 amide bonds. The summed E-state index contributed by atoms with van der Waals surface area (Å²) in [6, 6.07) is 20.6. The van der Waals surface area contributed by atoms with E-state index < -0.39 is 5.60 Å². The van der Waals surface area contributed by atoms with E-state index in [1.54, 1.807) is 12.1 Å². The quantitative estimate of drug-likeness (QED) is 0.214. The second-order valence-corrected chi connectivity index (χ2v) is 11.3. The number of likely N-dealkylation sites (tertiary alicyclic amines) is 1. The lowest BCUT2D eigenvalue weighted by Crippen LogP contribution is -2.40. The number of carbonyl (C=O) groups is 1. The van der Waals surface area contributed by atoms with E-state index in [1.165, 1.54) is 0 Å². The van der Waals surface area contributed by atoms with Crippen molar-refractivity contribution in [2.24, 2.45) is 0 Å². The average molecular weight is 564 g/mol. The number of oxazole rings is 1. The van der Waals surface area contributed by atoms with Gasteiger partial charge >= 0.3 is 6.09 Å². The number of carbonyl (C=O) groups excluding carboxylic acids is 1. The van der Waals surface area contributed by atoms with E-state index in [0.29, 0.717) is 40.1 Å². The minimum atomic E-state index is -0.487. The van der Waals surface area contributed by atoms with Crippen molar-refractivity contribution in [1.29, 1.82) is 0 Å². The zero-order chi connectivity index (χ0) is 28.1. The van der Waals surface area contributed by atoms with Crippen LogP contribution in [-0.4, -0.2) is 53.9 Å². The smallest absolute Gasteiger partial charge is 0.407 e. The van der Waals surface area contributed by atoms with Gasteiger partial charge in [-0.15, -0.1) is 0 Å².